The summed E-state index contributed by atoms with van der Waals surface area (Å²) in [6, 6.07) is 5.78. The molecule has 0 aliphatic heterocycles. The van der Waals surface area contributed by atoms with Crippen LogP contribution in [0.3, 0.4) is 0 Å². The van der Waals surface area contributed by atoms with E-state index in [1.165, 1.54) is 25.2 Å². The molecular weight excluding hydrogens is 205 g/mol. The molecule has 0 bridgehead atoms. The SMILES string of the molecule is CC.CC(=N)c1ccc(F)c(C#N)c1.CN. The zero-order chi connectivity index (χ0) is 13.1. The van der Waals surface area contributed by atoms with Crippen LogP contribution >= 0.6 is 0 Å². The summed E-state index contributed by atoms with van der Waals surface area (Å²) in [5.41, 5.74) is 5.39. The molecule has 0 amide bonds. The number of nitrogens with zero attached hydrogens (tertiary/aromatic N) is 1. The van der Waals surface area contributed by atoms with E-state index in [0.29, 0.717) is 11.3 Å². The molecule has 16 heavy (non-hydrogen) atoms. The van der Waals surface area contributed by atoms with Gasteiger partial charge >= 0.3 is 0 Å². The highest BCUT2D eigenvalue weighted by Gasteiger charge is 2.02. The van der Waals surface area contributed by atoms with Crippen molar-refractivity contribution in [2.45, 2.75) is 20.8 Å². The van der Waals surface area contributed by atoms with Crippen molar-refractivity contribution in [2.24, 2.45) is 5.73 Å². The van der Waals surface area contributed by atoms with Crippen LogP contribution < -0.4 is 5.73 Å². The first-order valence-electron chi connectivity index (χ1n) is 4.98. The lowest BCUT2D eigenvalue weighted by Gasteiger charge is -1.98. The highest BCUT2D eigenvalue weighted by Crippen LogP contribution is 2.09. The maximum atomic E-state index is 12.7. The van der Waals surface area contributed by atoms with E-state index in [4.69, 9.17) is 10.7 Å². The summed E-state index contributed by atoms with van der Waals surface area (Å²) in [5.74, 6) is -0.539. The van der Waals surface area contributed by atoms with Crippen LogP contribution in [0.2, 0.25) is 0 Å². The molecule has 0 unspecified atom stereocenters. The van der Waals surface area contributed by atoms with Crippen molar-refractivity contribution in [3.63, 3.8) is 0 Å². The number of nitriles is 1. The Hall–Kier alpha value is -1.73. The Morgan fingerprint density at radius 1 is 1.38 bits per heavy atom. The second-order valence-electron chi connectivity index (χ2n) is 2.43. The minimum absolute atomic E-state index is 0.0147. The fraction of sp³-hybridized carbons (Fsp3) is 0.333. The van der Waals surface area contributed by atoms with Gasteiger partial charge in [0, 0.05) is 5.71 Å². The lowest BCUT2D eigenvalue weighted by Crippen LogP contribution is -1.94. The van der Waals surface area contributed by atoms with E-state index in [-0.39, 0.29) is 5.56 Å². The summed E-state index contributed by atoms with van der Waals surface area (Å²) < 4.78 is 12.7. The van der Waals surface area contributed by atoms with Crippen molar-refractivity contribution in [3.05, 3.63) is 35.1 Å². The van der Waals surface area contributed by atoms with Crippen molar-refractivity contribution in [1.82, 2.24) is 0 Å². The monoisotopic (exact) mass is 223 g/mol. The topological polar surface area (TPSA) is 73.7 Å². The molecule has 0 saturated carbocycles. The van der Waals surface area contributed by atoms with Crippen molar-refractivity contribution in [2.75, 3.05) is 7.05 Å². The van der Waals surface area contributed by atoms with Gasteiger partial charge in [0.05, 0.1) is 5.56 Å². The van der Waals surface area contributed by atoms with E-state index in [0.717, 1.165) is 0 Å². The van der Waals surface area contributed by atoms with Gasteiger partial charge in [-0.05, 0) is 31.7 Å². The number of nitrogens with one attached hydrogen (secondary N) is 1. The number of rotatable bonds is 1. The summed E-state index contributed by atoms with van der Waals surface area (Å²) in [6.45, 7) is 5.59. The first kappa shape index (κ1) is 16.7. The van der Waals surface area contributed by atoms with Crippen LogP contribution in [0, 0.1) is 22.6 Å². The van der Waals surface area contributed by atoms with Gasteiger partial charge in [0.15, 0.2) is 0 Å². The maximum Gasteiger partial charge on any atom is 0.140 e. The molecule has 0 fully saturated rings. The van der Waals surface area contributed by atoms with Gasteiger partial charge in [-0.1, -0.05) is 19.9 Å². The fourth-order valence-electron chi connectivity index (χ4n) is 0.844. The van der Waals surface area contributed by atoms with E-state index in [9.17, 15) is 4.39 Å². The van der Waals surface area contributed by atoms with E-state index >= 15 is 0 Å². The normalized spacial score (nSPS) is 7.56. The standard InChI is InChI=1S/C9H7FN2.C2H6.CH5N/c1-6(12)7-2-3-9(10)8(4-7)5-11;2*1-2/h2-4,12H,1H3;1-2H3;2H2,1H3. The number of halogens is 1. The average molecular weight is 223 g/mol. The van der Waals surface area contributed by atoms with Crippen molar-refractivity contribution in [1.29, 1.82) is 10.7 Å². The molecule has 3 nitrogen and oxygen atoms in total. The smallest absolute Gasteiger partial charge is 0.140 e. The molecule has 1 aromatic carbocycles. The third-order valence-electron chi connectivity index (χ3n) is 1.52. The molecule has 1 aromatic rings. The van der Waals surface area contributed by atoms with Crippen molar-refractivity contribution < 1.29 is 4.39 Å². The number of hydrogen-bond acceptors (Lipinski definition) is 3. The van der Waals surface area contributed by atoms with Gasteiger partial charge in [-0.25, -0.2) is 4.39 Å². The third-order valence-corrected chi connectivity index (χ3v) is 1.52. The molecule has 3 N–H and O–H groups in total. The second-order valence-corrected chi connectivity index (χ2v) is 2.43. The van der Waals surface area contributed by atoms with E-state index in [2.05, 4.69) is 5.73 Å². The number of hydrogen-bond donors (Lipinski definition) is 2. The Morgan fingerprint density at radius 3 is 2.25 bits per heavy atom. The lowest BCUT2D eigenvalue weighted by atomic mass is 10.1. The van der Waals surface area contributed by atoms with Crippen LogP contribution in [-0.2, 0) is 0 Å². The Bertz CT molecular complexity index is 367. The van der Waals surface area contributed by atoms with Gasteiger partial charge < -0.3 is 11.1 Å². The van der Waals surface area contributed by atoms with Crippen LogP contribution in [0.1, 0.15) is 31.9 Å². The van der Waals surface area contributed by atoms with Crippen LogP contribution in [0.5, 0.6) is 0 Å². The maximum absolute atomic E-state index is 12.7. The molecule has 0 aliphatic rings. The van der Waals surface area contributed by atoms with Crippen LogP contribution in [0.4, 0.5) is 4.39 Å². The second kappa shape index (κ2) is 9.81. The zero-order valence-corrected chi connectivity index (χ0v) is 10.1. The highest BCUT2D eigenvalue weighted by molar-refractivity contribution is 5.96. The van der Waals surface area contributed by atoms with Gasteiger partial charge in [0.1, 0.15) is 11.9 Å². The summed E-state index contributed by atoms with van der Waals surface area (Å²) in [7, 11) is 1.50. The largest absolute Gasteiger partial charge is 0.333 e. The van der Waals surface area contributed by atoms with Gasteiger partial charge in [0.2, 0.25) is 0 Å². The molecule has 0 radical (unpaired) electrons. The molecule has 1 rings (SSSR count). The molecule has 0 atom stereocenters. The molecule has 0 saturated heterocycles. The van der Waals surface area contributed by atoms with E-state index in [1.54, 1.807) is 13.0 Å². The molecule has 0 spiro atoms. The third kappa shape index (κ3) is 5.23. The Morgan fingerprint density at radius 2 is 1.88 bits per heavy atom. The van der Waals surface area contributed by atoms with Gasteiger partial charge in [-0.15, -0.1) is 0 Å². The van der Waals surface area contributed by atoms with Crippen LogP contribution in [0.15, 0.2) is 18.2 Å². The quantitative estimate of drug-likeness (QED) is 0.718. The predicted molar refractivity (Wildman–Crippen MR) is 65.1 cm³/mol. The van der Waals surface area contributed by atoms with Gasteiger partial charge in [-0.3, -0.25) is 0 Å². The minimum atomic E-state index is -0.539. The molecule has 0 heterocycles. The molecule has 4 heteroatoms. The molecular formula is C12H18FN3. The van der Waals surface area contributed by atoms with Crippen molar-refractivity contribution >= 4 is 5.71 Å². The summed E-state index contributed by atoms with van der Waals surface area (Å²) in [4.78, 5) is 0. The fourth-order valence-corrected chi connectivity index (χ4v) is 0.844. The zero-order valence-electron chi connectivity index (χ0n) is 10.1. The Balaban J connectivity index is 0. The first-order chi connectivity index (χ1) is 7.65. The molecule has 0 aromatic heterocycles. The molecule has 0 aliphatic carbocycles. The summed E-state index contributed by atoms with van der Waals surface area (Å²) >= 11 is 0. The van der Waals surface area contributed by atoms with Crippen molar-refractivity contribution in [3.8, 4) is 6.07 Å². The first-order valence-corrected chi connectivity index (χ1v) is 4.98. The van der Waals surface area contributed by atoms with E-state index in [1.807, 2.05) is 13.8 Å². The Kier molecular flexibility index (Phi) is 10.2. The summed E-state index contributed by atoms with van der Waals surface area (Å²) in [6.07, 6.45) is 0. The Labute approximate surface area is 96.2 Å². The minimum Gasteiger partial charge on any atom is -0.333 e. The number of benzene rings is 1. The van der Waals surface area contributed by atoms with Crippen LogP contribution in [0.25, 0.3) is 0 Å². The van der Waals surface area contributed by atoms with Gasteiger partial charge in [-0.2, -0.15) is 5.26 Å². The number of nitrogens with two attached hydrogens (primary N) is 1. The molecule has 88 valence electrons. The average Bonchev–Trinajstić information content (AvgIpc) is 2.34. The highest BCUT2D eigenvalue weighted by atomic mass is 19.1. The van der Waals surface area contributed by atoms with Crippen LogP contribution in [-0.4, -0.2) is 12.8 Å². The van der Waals surface area contributed by atoms with Gasteiger partial charge in [0.25, 0.3) is 0 Å². The predicted octanol–water partition coefficient (Wildman–Crippen LogP) is 2.69. The summed E-state index contributed by atoms with van der Waals surface area (Å²) in [5, 5.41) is 15.7. The van der Waals surface area contributed by atoms with E-state index < -0.39 is 5.82 Å². The lowest BCUT2D eigenvalue weighted by molar-refractivity contribution is 0.624.